The van der Waals surface area contributed by atoms with Gasteiger partial charge in [0.15, 0.2) is 0 Å². The molecule has 0 unspecified atom stereocenters. The molecule has 1 aromatic carbocycles. The van der Waals surface area contributed by atoms with Gasteiger partial charge in [0.1, 0.15) is 0 Å². The van der Waals surface area contributed by atoms with Crippen LogP contribution in [0.15, 0.2) is 35.1 Å². The van der Waals surface area contributed by atoms with Crippen molar-refractivity contribution in [3.05, 3.63) is 46.2 Å². The van der Waals surface area contributed by atoms with E-state index in [0.29, 0.717) is 11.5 Å². The van der Waals surface area contributed by atoms with E-state index in [-0.39, 0.29) is 11.5 Å². The Morgan fingerprint density at radius 1 is 1.13 bits per heavy atom. The lowest BCUT2D eigenvalue weighted by Gasteiger charge is -2.35. The summed E-state index contributed by atoms with van der Waals surface area (Å²) in [5, 5.41) is 0.883. The minimum absolute atomic E-state index is 0.0716. The molecule has 1 N–H and O–H groups in total. The summed E-state index contributed by atoms with van der Waals surface area (Å²) in [5.74, 6) is 0.724. The van der Waals surface area contributed by atoms with Crippen molar-refractivity contribution in [2.45, 2.75) is 13.8 Å². The van der Waals surface area contributed by atoms with Crippen LogP contribution in [0.5, 0.6) is 0 Å². The van der Waals surface area contributed by atoms with Crippen LogP contribution in [0, 0.1) is 5.92 Å². The molecule has 5 nitrogen and oxygen atoms in total. The first-order valence-corrected chi connectivity index (χ1v) is 8.17. The van der Waals surface area contributed by atoms with Crippen LogP contribution in [0.3, 0.4) is 0 Å². The fraction of sp³-hybridized carbons (Fsp3) is 0.444. The van der Waals surface area contributed by atoms with Crippen molar-refractivity contribution in [3.8, 4) is 0 Å². The molecule has 3 rings (SSSR count). The number of aromatic nitrogens is 1. The summed E-state index contributed by atoms with van der Waals surface area (Å²) < 4.78 is 0. The van der Waals surface area contributed by atoms with Gasteiger partial charge in [0.25, 0.3) is 5.91 Å². The van der Waals surface area contributed by atoms with E-state index >= 15 is 0 Å². The molecule has 5 heteroatoms. The standard InChI is InChI=1S/C18H23N3O2/c1-13(2)12-20-7-9-21(10-8-20)18(23)15-3-5-16-14(11-15)4-6-17(22)19-16/h3-6,11,13H,7-10,12H2,1-2H3,(H,19,22). The third kappa shape index (κ3) is 3.62. The molecule has 0 bridgehead atoms. The number of carbonyl (C=O) groups excluding carboxylic acids is 1. The van der Waals surface area contributed by atoms with Crippen molar-refractivity contribution in [3.63, 3.8) is 0 Å². The maximum Gasteiger partial charge on any atom is 0.253 e. The number of hydrogen-bond donors (Lipinski definition) is 1. The van der Waals surface area contributed by atoms with E-state index in [1.807, 2.05) is 11.0 Å². The second-order valence-electron chi connectivity index (χ2n) is 6.61. The Balaban J connectivity index is 1.71. The van der Waals surface area contributed by atoms with E-state index in [1.165, 1.54) is 6.07 Å². The van der Waals surface area contributed by atoms with Crippen LogP contribution in [0.4, 0.5) is 0 Å². The van der Waals surface area contributed by atoms with Crippen molar-refractivity contribution in [2.75, 3.05) is 32.7 Å². The van der Waals surface area contributed by atoms with Gasteiger partial charge in [-0.15, -0.1) is 0 Å². The first-order valence-electron chi connectivity index (χ1n) is 8.17. The predicted octanol–water partition coefficient (Wildman–Crippen LogP) is 1.94. The van der Waals surface area contributed by atoms with Gasteiger partial charge in [-0.1, -0.05) is 13.8 Å². The minimum Gasteiger partial charge on any atom is -0.336 e. The second kappa shape index (κ2) is 6.54. The number of H-pyrrole nitrogens is 1. The van der Waals surface area contributed by atoms with Crippen LogP contribution >= 0.6 is 0 Å². The molecule has 1 aliphatic rings. The first kappa shape index (κ1) is 15.7. The van der Waals surface area contributed by atoms with Crippen molar-refractivity contribution < 1.29 is 4.79 Å². The summed E-state index contributed by atoms with van der Waals surface area (Å²) in [6, 6.07) is 8.70. The van der Waals surface area contributed by atoms with Crippen LogP contribution in [0.25, 0.3) is 10.9 Å². The van der Waals surface area contributed by atoms with E-state index in [1.54, 1.807) is 18.2 Å². The number of piperazine rings is 1. The Labute approximate surface area is 135 Å². The zero-order valence-electron chi connectivity index (χ0n) is 13.7. The average Bonchev–Trinajstić information content (AvgIpc) is 2.54. The third-order valence-corrected chi connectivity index (χ3v) is 4.25. The number of benzene rings is 1. The van der Waals surface area contributed by atoms with Gasteiger partial charge in [-0.2, -0.15) is 0 Å². The van der Waals surface area contributed by atoms with Crippen LogP contribution in [-0.2, 0) is 0 Å². The first-order chi connectivity index (χ1) is 11.0. The number of nitrogens with zero attached hydrogens (tertiary/aromatic N) is 2. The molecule has 0 saturated carbocycles. The second-order valence-corrected chi connectivity index (χ2v) is 6.61. The highest BCUT2D eigenvalue weighted by Crippen LogP contribution is 2.15. The van der Waals surface area contributed by atoms with Crippen LogP contribution in [0.2, 0.25) is 0 Å². The highest BCUT2D eigenvalue weighted by atomic mass is 16.2. The third-order valence-electron chi connectivity index (χ3n) is 4.25. The fourth-order valence-corrected chi connectivity index (χ4v) is 3.12. The van der Waals surface area contributed by atoms with E-state index in [2.05, 4.69) is 23.7 Å². The fourth-order valence-electron chi connectivity index (χ4n) is 3.12. The number of pyridine rings is 1. The van der Waals surface area contributed by atoms with Crippen molar-refractivity contribution in [2.24, 2.45) is 5.92 Å². The Morgan fingerprint density at radius 2 is 1.87 bits per heavy atom. The molecular formula is C18H23N3O2. The topological polar surface area (TPSA) is 56.4 Å². The van der Waals surface area contributed by atoms with Crippen molar-refractivity contribution in [1.82, 2.24) is 14.8 Å². The molecule has 1 aliphatic heterocycles. The Morgan fingerprint density at radius 3 is 2.57 bits per heavy atom. The molecular weight excluding hydrogens is 290 g/mol. The number of hydrogen-bond acceptors (Lipinski definition) is 3. The maximum atomic E-state index is 12.7. The van der Waals surface area contributed by atoms with E-state index in [0.717, 1.165) is 43.6 Å². The quantitative estimate of drug-likeness (QED) is 0.942. The molecule has 23 heavy (non-hydrogen) atoms. The van der Waals surface area contributed by atoms with Gasteiger partial charge in [0.2, 0.25) is 5.56 Å². The molecule has 1 fully saturated rings. The Kier molecular flexibility index (Phi) is 4.48. The van der Waals surface area contributed by atoms with Gasteiger partial charge in [-0.3, -0.25) is 14.5 Å². The number of fused-ring (bicyclic) bond motifs is 1. The van der Waals surface area contributed by atoms with Crippen molar-refractivity contribution >= 4 is 16.8 Å². The molecule has 1 amide bonds. The van der Waals surface area contributed by atoms with E-state index in [9.17, 15) is 9.59 Å². The van der Waals surface area contributed by atoms with Gasteiger partial charge in [-0.05, 0) is 35.6 Å². The van der Waals surface area contributed by atoms with E-state index < -0.39 is 0 Å². The predicted molar refractivity (Wildman–Crippen MR) is 91.8 cm³/mol. The highest BCUT2D eigenvalue weighted by molar-refractivity contribution is 5.98. The van der Waals surface area contributed by atoms with Gasteiger partial charge in [0, 0.05) is 49.9 Å². The molecule has 1 saturated heterocycles. The lowest BCUT2D eigenvalue weighted by molar-refractivity contribution is 0.0624. The lowest BCUT2D eigenvalue weighted by atomic mass is 10.1. The number of nitrogens with one attached hydrogen (secondary N) is 1. The zero-order chi connectivity index (χ0) is 16.4. The van der Waals surface area contributed by atoms with Gasteiger partial charge >= 0.3 is 0 Å². The summed E-state index contributed by atoms with van der Waals surface area (Å²) >= 11 is 0. The smallest absolute Gasteiger partial charge is 0.253 e. The molecule has 0 radical (unpaired) electrons. The largest absolute Gasteiger partial charge is 0.336 e. The molecule has 1 aromatic heterocycles. The summed E-state index contributed by atoms with van der Waals surface area (Å²) in [5.41, 5.74) is 1.32. The molecule has 122 valence electrons. The maximum absolute atomic E-state index is 12.7. The average molecular weight is 313 g/mol. The summed E-state index contributed by atoms with van der Waals surface area (Å²) in [6.07, 6.45) is 0. The molecule has 0 spiro atoms. The SMILES string of the molecule is CC(C)CN1CCN(C(=O)c2ccc3[nH]c(=O)ccc3c2)CC1. The Bertz CT molecular complexity index is 758. The monoisotopic (exact) mass is 313 g/mol. The van der Waals surface area contributed by atoms with Gasteiger partial charge in [-0.25, -0.2) is 0 Å². The number of carbonyl (C=O) groups is 1. The van der Waals surface area contributed by atoms with Crippen molar-refractivity contribution in [1.29, 1.82) is 0 Å². The number of amides is 1. The molecule has 0 atom stereocenters. The lowest BCUT2D eigenvalue weighted by Crippen LogP contribution is -2.49. The molecule has 2 aromatic rings. The van der Waals surface area contributed by atoms with Gasteiger partial charge < -0.3 is 9.88 Å². The normalized spacial score (nSPS) is 16.2. The summed E-state index contributed by atoms with van der Waals surface area (Å²) in [6.45, 7) is 8.94. The summed E-state index contributed by atoms with van der Waals surface area (Å²) in [4.78, 5) is 31.1. The summed E-state index contributed by atoms with van der Waals surface area (Å²) in [7, 11) is 0. The van der Waals surface area contributed by atoms with Crippen LogP contribution in [-0.4, -0.2) is 53.4 Å². The van der Waals surface area contributed by atoms with Crippen LogP contribution < -0.4 is 5.56 Å². The number of rotatable bonds is 3. The molecule has 0 aliphatic carbocycles. The highest BCUT2D eigenvalue weighted by Gasteiger charge is 2.22. The van der Waals surface area contributed by atoms with Gasteiger partial charge in [0.05, 0.1) is 0 Å². The number of aromatic amines is 1. The zero-order valence-corrected chi connectivity index (χ0v) is 13.7. The molecule has 2 heterocycles. The van der Waals surface area contributed by atoms with Crippen LogP contribution in [0.1, 0.15) is 24.2 Å². The Hall–Kier alpha value is -2.14. The minimum atomic E-state index is -0.127. The van der Waals surface area contributed by atoms with E-state index in [4.69, 9.17) is 0 Å².